The first-order chi connectivity index (χ1) is 5.87. The molecule has 0 aliphatic heterocycles. The molecule has 13 heavy (non-hydrogen) atoms. The Morgan fingerprint density at radius 2 is 1.62 bits per heavy atom. The van der Waals surface area contributed by atoms with E-state index < -0.39 is 17.6 Å². The molecule has 1 aliphatic carbocycles. The Balaban J connectivity index is 2.90. The Morgan fingerprint density at radius 1 is 1.15 bits per heavy atom. The standard InChI is InChI=1S/C9H16Cl2Si2/c1-13(2,3)9(12-8(10)11)6-4-5-7-9/h4-8H,12H2,1-3H3. The predicted octanol–water partition coefficient (Wildman–Crippen LogP) is 3.08. The summed E-state index contributed by atoms with van der Waals surface area (Å²) in [7, 11) is -1.69. The van der Waals surface area contributed by atoms with Crippen molar-refractivity contribution in [1.82, 2.24) is 0 Å². The lowest BCUT2D eigenvalue weighted by atomic mass is 10.4. The summed E-state index contributed by atoms with van der Waals surface area (Å²) in [5.74, 6) is 0. The highest BCUT2D eigenvalue weighted by Crippen LogP contribution is 2.44. The highest BCUT2D eigenvalue weighted by atomic mass is 35.5. The largest absolute Gasteiger partial charge is 0.110 e. The van der Waals surface area contributed by atoms with Gasteiger partial charge in [0.15, 0.2) is 0 Å². The van der Waals surface area contributed by atoms with E-state index in [1.165, 1.54) is 0 Å². The van der Waals surface area contributed by atoms with Gasteiger partial charge in [-0.2, -0.15) is 0 Å². The van der Waals surface area contributed by atoms with Crippen LogP contribution in [0.4, 0.5) is 0 Å². The number of alkyl halides is 2. The summed E-state index contributed by atoms with van der Waals surface area (Å²) < 4.78 is 0.181. The summed E-state index contributed by atoms with van der Waals surface area (Å²) in [6, 6.07) is 0. The monoisotopic (exact) mass is 250 g/mol. The summed E-state index contributed by atoms with van der Waals surface area (Å²) in [6.45, 7) is 7.16. The minimum absolute atomic E-state index is 0.126. The molecule has 0 fully saturated rings. The maximum Gasteiger partial charge on any atom is 0.0917 e. The van der Waals surface area contributed by atoms with Crippen molar-refractivity contribution in [3.63, 3.8) is 0 Å². The van der Waals surface area contributed by atoms with E-state index in [2.05, 4.69) is 43.9 Å². The summed E-state index contributed by atoms with van der Waals surface area (Å²) >= 11 is 11.9. The van der Waals surface area contributed by atoms with Crippen molar-refractivity contribution in [3.05, 3.63) is 24.3 Å². The van der Waals surface area contributed by atoms with Gasteiger partial charge in [0.05, 0.1) is 22.1 Å². The molecule has 1 rings (SSSR count). The maximum atomic E-state index is 5.93. The van der Waals surface area contributed by atoms with Gasteiger partial charge in [-0.1, -0.05) is 43.9 Å². The van der Waals surface area contributed by atoms with Gasteiger partial charge < -0.3 is 0 Å². The topological polar surface area (TPSA) is 0 Å². The first-order valence-corrected chi connectivity index (χ1v) is 10.4. The maximum absolute atomic E-state index is 5.93. The Hall–Kier alpha value is 0.494. The van der Waals surface area contributed by atoms with Crippen LogP contribution in [0.15, 0.2) is 24.3 Å². The van der Waals surface area contributed by atoms with E-state index in [0.29, 0.717) is 4.66 Å². The second kappa shape index (κ2) is 3.93. The lowest BCUT2D eigenvalue weighted by molar-refractivity contribution is 1.15. The minimum atomic E-state index is -1.22. The average molecular weight is 251 g/mol. The first kappa shape index (κ1) is 11.6. The average Bonchev–Trinajstić information content (AvgIpc) is 2.33. The van der Waals surface area contributed by atoms with Crippen LogP contribution in [0, 0.1) is 0 Å². The number of hydrogen-bond acceptors (Lipinski definition) is 0. The Morgan fingerprint density at radius 3 is 1.92 bits per heavy atom. The molecule has 0 radical (unpaired) electrons. The molecule has 1 aliphatic rings. The van der Waals surface area contributed by atoms with Crippen molar-refractivity contribution in [2.45, 2.75) is 28.8 Å². The molecular formula is C9H16Cl2Si2. The van der Waals surface area contributed by atoms with Gasteiger partial charge in [0, 0.05) is 0 Å². The van der Waals surface area contributed by atoms with Gasteiger partial charge >= 0.3 is 0 Å². The first-order valence-electron chi connectivity index (χ1n) is 4.53. The van der Waals surface area contributed by atoms with E-state index >= 15 is 0 Å². The van der Waals surface area contributed by atoms with Crippen LogP contribution in [0.1, 0.15) is 0 Å². The number of allylic oxidation sites excluding steroid dienone is 4. The molecule has 0 atom stereocenters. The van der Waals surface area contributed by atoms with E-state index in [-0.39, 0.29) is 4.46 Å². The molecule has 0 unspecified atom stereocenters. The molecule has 0 spiro atoms. The van der Waals surface area contributed by atoms with Gasteiger partial charge in [0.2, 0.25) is 0 Å². The lowest BCUT2D eigenvalue weighted by Crippen LogP contribution is -2.42. The highest BCUT2D eigenvalue weighted by molar-refractivity contribution is 6.92. The van der Waals surface area contributed by atoms with Crippen LogP contribution in [-0.4, -0.2) is 22.1 Å². The van der Waals surface area contributed by atoms with Crippen LogP contribution in [-0.2, 0) is 0 Å². The molecule has 0 bridgehead atoms. The van der Waals surface area contributed by atoms with Crippen LogP contribution < -0.4 is 0 Å². The Kier molecular flexibility index (Phi) is 3.50. The van der Waals surface area contributed by atoms with Gasteiger partial charge in [0.1, 0.15) is 0 Å². The van der Waals surface area contributed by atoms with E-state index in [1.807, 2.05) is 0 Å². The SMILES string of the molecule is C[Si](C)(C)C1([SiH2]C(Cl)Cl)C=CC=C1. The van der Waals surface area contributed by atoms with Gasteiger partial charge in [-0.05, 0) is 4.66 Å². The highest BCUT2D eigenvalue weighted by Gasteiger charge is 2.41. The molecule has 0 aromatic heterocycles. The molecule has 0 nitrogen and oxygen atoms in total. The van der Waals surface area contributed by atoms with E-state index in [1.54, 1.807) is 0 Å². The van der Waals surface area contributed by atoms with Crippen molar-refractivity contribution in [3.8, 4) is 0 Å². The van der Waals surface area contributed by atoms with Crippen molar-refractivity contribution in [2.75, 3.05) is 0 Å². The van der Waals surface area contributed by atoms with E-state index in [9.17, 15) is 0 Å². The third-order valence-corrected chi connectivity index (χ3v) is 12.1. The molecule has 0 amide bonds. The normalized spacial score (nSPS) is 21.1. The molecular weight excluding hydrogens is 235 g/mol. The zero-order valence-electron chi connectivity index (χ0n) is 8.35. The summed E-state index contributed by atoms with van der Waals surface area (Å²) in [6.07, 6.45) is 8.93. The summed E-state index contributed by atoms with van der Waals surface area (Å²) in [5, 5.41) is 0. The smallest absolute Gasteiger partial charge is 0.0917 e. The van der Waals surface area contributed by atoms with Crippen LogP contribution in [0.3, 0.4) is 0 Å². The van der Waals surface area contributed by atoms with Crippen LogP contribution in [0.5, 0.6) is 0 Å². The van der Waals surface area contributed by atoms with Crippen LogP contribution in [0.25, 0.3) is 0 Å². The van der Waals surface area contributed by atoms with Crippen LogP contribution >= 0.6 is 23.2 Å². The molecule has 0 heterocycles. The summed E-state index contributed by atoms with van der Waals surface area (Å²) in [4.78, 5) is 0. The fourth-order valence-corrected chi connectivity index (χ4v) is 9.33. The molecule has 0 aromatic rings. The minimum Gasteiger partial charge on any atom is -0.110 e. The number of hydrogen-bond donors (Lipinski definition) is 0. The van der Waals surface area contributed by atoms with Gasteiger partial charge in [-0.25, -0.2) is 0 Å². The van der Waals surface area contributed by atoms with Crippen molar-refractivity contribution >= 4 is 40.8 Å². The molecule has 0 saturated heterocycles. The number of halogens is 2. The van der Waals surface area contributed by atoms with Gasteiger partial charge in [-0.3, -0.25) is 0 Å². The van der Waals surface area contributed by atoms with E-state index in [0.717, 1.165) is 0 Å². The number of rotatable bonds is 3. The molecule has 0 N–H and O–H groups in total. The molecule has 74 valence electrons. The van der Waals surface area contributed by atoms with Crippen LogP contribution in [0.2, 0.25) is 24.3 Å². The zero-order chi connectivity index (χ0) is 10.1. The van der Waals surface area contributed by atoms with Gasteiger partial charge in [0.25, 0.3) is 0 Å². The second-order valence-electron chi connectivity index (χ2n) is 4.60. The van der Waals surface area contributed by atoms with Crippen molar-refractivity contribution in [2.24, 2.45) is 0 Å². The quantitative estimate of drug-likeness (QED) is 0.534. The van der Waals surface area contributed by atoms with E-state index in [4.69, 9.17) is 23.2 Å². The Bertz CT molecular complexity index is 226. The Labute approximate surface area is 93.8 Å². The second-order valence-corrected chi connectivity index (χ2v) is 15.4. The third kappa shape index (κ3) is 2.49. The van der Waals surface area contributed by atoms with Gasteiger partial charge in [-0.15, -0.1) is 23.2 Å². The van der Waals surface area contributed by atoms with Crippen molar-refractivity contribution in [1.29, 1.82) is 0 Å². The fourth-order valence-electron chi connectivity index (χ4n) is 1.71. The predicted molar refractivity (Wildman–Crippen MR) is 68.4 cm³/mol. The fraction of sp³-hybridized carbons (Fsp3) is 0.556. The van der Waals surface area contributed by atoms with Crippen molar-refractivity contribution < 1.29 is 0 Å². The zero-order valence-corrected chi connectivity index (χ0v) is 12.3. The third-order valence-electron chi connectivity index (χ3n) is 2.79. The molecule has 4 heteroatoms. The molecule has 0 aromatic carbocycles. The summed E-state index contributed by atoms with van der Waals surface area (Å²) in [5.41, 5.74) is 0. The molecule has 0 saturated carbocycles. The lowest BCUT2D eigenvalue weighted by Gasteiger charge is -2.37.